The van der Waals surface area contributed by atoms with Crippen molar-refractivity contribution < 1.29 is 4.42 Å². The molecule has 5 heteroatoms. The van der Waals surface area contributed by atoms with Crippen molar-refractivity contribution >= 4 is 21.7 Å². The highest BCUT2D eigenvalue weighted by Crippen LogP contribution is 2.39. The molecule has 4 nitrogen and oxygen atoms in total. The molecule has 0 saturated carbocycles. The van der Waals surface area contributed by atoms with Gasteiger partial charge in [-0.3, -0.25) is 4.68 Å². The van der Waals surface area contributed by atoms with Crippen LogP contribution in [-0.2, 0) is 13.5 Å². The summed E-state index contributed by atoms with van der Waals surface area (Å²) in [4.78, 5) is 0. The molecule has 0 unspecified atom stereocenters. The summed E-state index contributed by atoms with van der Waals surface area (Å²) >= 11 is 3.58. The van der Waals surface area contributed by atoms with Crippen LogP contribution in [0.2, 0.25) is 0 Å². The van der Waals surface area contributed by atoms with E-state index in [2.05, 4.69) is 28.0 Å². The molecule has 0 radical (unpaired) electrons. The van der Waals surface area contributed by atoms with Crippen molar-refractivity contribution in [3.8, 4) is 22.6 Å². The number of nitrogens with zero attached hydrogens (tertiary/aromatic N) is 2. The van der Waals surface area contributed by atoms with E-state index < -0.39 is 0 Å². The van der Waals surface area contributed by atoms with Crippen LogP contribution < -0.4 is 5.73 Å². The standard InChI is InChI=1S/C16H16BrN3O/c1-3-10-8-9-13(21-10)15-14(16(18)20(2)19-15)11-6-4-5-7-12(11)17/h4-9H,3,18H2,1-2H3. The third kappa shape index (κ3) is 2.38. The molecule has 1 aromatic carbocycles. The summed E-state index contributed by atoms with van der Waals surface area (Å²) in [7, 11) is 1.84. The maximum atomic E-state index is 6.22. The van der Waals surface area contributed by atoms with E-state index >= 15 is 0 Å². The van der Waals surface area contributed by atoms with Gasteiger partial charge in [0.2, 0.25) is 0 Å². The second-order valence-corrected chi connectivity index (χ2v) is 5.69. The molecule has 3 aromatic rings. The van der Waals surface area contributed by atoms with E-state index in [0.717, 1.165) is 39.2 Å². The Hall–Kier alpha value is -2.01. The van der Waals surface area contributed by atoms with E-state index in [-0.39, 0.29) is 0 Å². The van der Waals surface area contributed by atoms with Crippen molar-refractivity contribution in [3.05, 3.63) is 46.6 Å². The molecule has 2 heterocycles. The van der Waals surface area contributed by atoms with Crippen LogP contribution in [0.1, 0.15) is 12.7 Å². The average molecular weight is 346 g/mol. The Morgan fingerprint density at radius 1 is 1.24 bits per heavy atom. The van der Waals surface area contributed by atoms with Gasteiger partial charge in [0, 0.05) is 23.5 Å². The van der Waals surface area contributed by atoms with Gasteiger partial charge in [-0.1, -0.05) is 41.1 Å². The lowest BCUT2D eigenvalue weighted by atomic mass is 10.0. The molecule has 0 amide bonds. The lowest BCUT2D eigenvalue weighted by Gasteiger charge is -2.05. The molecule has 0 aliphatic rings. The molecule has 3 rings (SSSR count). The van der Waals surface area contributed by atoms with Gasteiger partial charge in [0.1, 0.15) is 17.3 Å². The topological polar surface area (TPSA) is 57.0 Å². The van der Waals surface area contributed by atoms with Crippen LogP contribution in [0.5, 0.6) is 0 Å². The van der Waals surface area contributed by atoms with Crippen molar-refractivity contribution in [3.63, 3.8) is 0 Å². The third-order valence-electron chi connectivity index (χ3n) is 3.48. The monoisotopic (exact) mass is 345 g/mol. The smallest absolute Gasteiger partial charge is 0.155 e. The molecule has 0 fully saturated rings. The molecule has 0 saturated heterocycles. The second kappa shape index (κ2) is 5.41. The zero-order valence-electron chi connectivity index (χ0n) is 11.9. The highest BCUT2D eigenvalue weighted by Gasteiger charge is 2.21. The quantitative estimate of drug-likeness (QED) is 0.771. The van der Waals surface area contributed by atoms with E-state index in [1.165, 1.54) is 0 Å². The van der Waals surface area contributed by atoms with Gasteiger partial charge >= 0.3 is 0 Å². The van der Waals surface area contributed by atoms with Crippen LogP contribution in [0.4, 0.5) is 5.82 Å². The fraction of sp³-hybridized carbons (Fsp3) is 0.188. The van der Waals surface area contributed by atoms with Gasteiger partial charge in [-0.2, -0.15) is 5.10 Å². The van der Waals surface area contributed by atoms with E-state index in [9.17, 15) is 0 Å². The summed E-state index contributed by atoms with van der Waals surface area (Å²) < 4.78 is 8.50. The minimum atomic E-state index is 0.617. The van der Waals surface area contributed by atoms with Crippen LogP contribution in [0, 0.1) is 0 Å². The number of aryl methyl sites for hydroxylation is 2. The summed E-state index contributed by atoms with van der Waals surface area (Å²) in [5, 5.41) is 4.52. The molecule has 0 bridgehead atoms. The predicted octanol–water partition coefficient (Wildman–Crippen LogP) is 4.25. The Morgan fingerprint density at radius 3 is 2.67 bits per heavy atom. The van der Waals surface area contributed by atoms with E-state index in [1.807, 2.05) is 43.4 Å². The fourth-order valence-corrected chi connectivity index (χ4v) is 2.82. The van der Waals surface area contributed by atoms with Gasteiger partial charge in [-0.15, -0.1) is 0 Å². The zero-order chi connectivity index (χ0) is 15.0. The van der Waals surface area contributed by atoms with Crippen molar-refractivity contribution in [2.75, 3.05) is 5.73 Å². The molecule has 21 heavy (non-hydrogen) atoms. The minimum absolute atomic E-state index is 0.617. The Balaban J connectivity index is 2.23. The highest BCUT2D eigenvalue weighted by atomic mass is 79.9. The molecule has 108 valence electrons. The van der Waals surface area contributed by atoms with Crippen LogP contribution >= 0.6 is 15.9 Å². The SMILES string of the molecule is CCc1ccc(-c2nn(C)c(N)c2-c2ccccc2Br)o1. The van der Waals surface area contributed by atoms with E-state index in [4.69, 9.17) is 10.2 Å². The Bertz CT molecular complexity index is 789. The average Bonchev–Trinajstić information content (AvgIpc) is 3.06. The molecular formula is C16H16BrN3O. The maximum Gasteiger partial charge on any atom is 0.155 e. The first-order valence-corrected chi connectivity index (χ1v) is 7.57. The molecule has 0 aliphatic carbocycles. The number of furan rings is 1. The summed E-state index contributed by atoms with van der Waals surface area (Å²) in [6.45, 7) is 2.06. The summed E-state index contributed by atoms with van der Waals surface area (Å²) in [6.07, 6.45) is 0.854. The Morgan fingerprint density at radius 2 is 2.00 bits per heavy atom. The van der Waals surface area contributed by atoms with E-state index in [1.54, 1.807) is 4.68 Å². The lowest BCUT2D eigenvalue weighted by Crippen LogP contribution is -1.98. The maximum absolute atomic E-state index is 6.22. The largest absolute Gasteiger partial charge is 0.459 e. The van der Waals surface area contributed by atoms with Gasteiger partial charge in [0.05, 0.1) is 5.56 Å². The number of halogens is 1. The third-order valence-corrected chi connectivity index (χ3v) is 4.17. The van der Waals surface area contributed by atoms with Gasteiger partial charge in [0.15, 0.2) is 5.76 Å². The summed E-state index contributed by atoms with van der Waals surface area (Å²) in [5.74, 6) is 2.29. The van der Waals surface area contributed by atoms with Crippen LogP contribution in [0.25, 0.3) is 22.6 Å². The number of nitrogen functional groups attached to an aromatic ring is 1. The second-order valence-electron chi connectivity index (χ2n) is 4.83. The number of aromatic nitrogens is 2. The van der Waals surface area contributed by atoms with E-state index in [0.29, 0.717) is 5.82 Å². The first-order valence-electron chi connectivity index (χ1n) is 6.78. The molecular weight excluding hydrogens is 330 g/mol. The van der Waals surface area contributed by atoms with Gasteiger partial charge in [-0.05, 0) is 18.2 Å². The molecule has 0 spiro atoms. The first kappa shape index (κ1) is 13.9. The summed E-state index contributed by atoms with van der Waals surface area (Å²) in [5.41, 5.74) is 8.88. The number of hydrogen-bond acceptors (Lipinski definition) is 3. The predicted molar refractivity (Wildman–Crippen MR) is 87.8 cm³/mol. The van der Waals surface area contributed by atoms with Crippen molar-refractivity contribution in [1.82, 2.24) is 9.78 Å². The fourth-order valence-electron chi connectivity index (χ4n) is 2.33. The van der Waals surface area contributed by atoms with Crippen molar-refractivity contribution in [2.24, 2.45) is 7.05 Å². The van der Waals surface area contributed by atoms with Crippen LogP contribution in [0.15, 0.2) is 45.3 Å². The number of nitrogens with two attached hydrogens (primary N) is 1. The number of hydrogen-bond donors (Lipinski definition) is 1. The molecule has 0 atom stereocenters. The number of anilines is 1. The van der Waals surface area contributed by atoms with Gasteiger partial charge in [-0.25, -0.2) is 0 Å². The van der Waals surface area contributed by atoms with Gasteiger partial charge in [0.25, 0.3) is 0 Å². The Kier molecular flexibility index (Phi) is 3.59. The summed E-state index contributed by atoms with van der Waals surface area (Å²) in [6, 6.07) is 11.9. The number of benzene rings is 1. The van der Waals surface area contributed by atoms with Crippen LogP contribution in [0.3, 0.4) is 0 Å². The molecule has 2 N–H and O–H groups in total. The van der Waals surface area contributed by atoms with Gasteiger partial charge < -0.3 is 10.2 Å². The zero-order valence-corrected chi connectivity index (χ0v) is 13.5. The Labute approximate surface area is 131 Å². The first-order chi connectivity index (χ1) is 10.1. The van der Waals surface area contributed by atoms with Crippen molar-refractivity contribution in [2.45, 2.75) is 13.3 Å². The lowest BCUT2D eigenvalue weighted by molar-refractivity contribution is 0.526. The minimum Gasteiger partial charge on any atom is -0.459 e. The van der Waals surface area contributed by atoms with Crippen molar-refractivity contribution in [1.29, 1.82) is 0 Å². The normalized spacial score (nSPS) is 11.0. The highest BCUT2D eigenvalue weighted by molar-refractivity contribution is 9.10. The molecule has 2 aromatic heterocycles. The van der Waals surface area contributed by atoms with Crippen LogP contribution in [-0.4, -0.2) is 9.78 Å². The molecule has 0 aliphatic heterocycles. The number of rotatable bonds is 3.